The predicted molar refractivity (Wildman–Crippen MR) is 69.8 cm³/mol. The molecule has 0 fully saturated rings. The van der Waals surface area contributed by atoms with E-state index < -0.39 is 5.97 Å². The Morgan fingerprint density at radius 2 is 2.39 bits per heavy atom. The number of thiazole rings is 1. The van der Waals surface area contributed by atoms with E-state index in [0.717, 1.165) is 10.7 Å². The topological polar surface area (TPSA) is 66.3 Å². The van der Waals surface area contributed by atoms with Gasteiger partial charge in [0, 0.05) is 31.4 Å². The highest BCUT2D eigenvalue weighted by molar-refractivity contribution is 7.13. The third kappa shape index (κ3) is 3.27. The number of anilines is 1. The summed E-state index contributed by atoms with van der Waals surface area (Å²) in [5.74, 6) is -0.859. The lowest BCUT2D eigenvalue weighted by molar-refractivity contribution is -0.136. The number of nitrogens with zero attached hydrogens (tertiary/aromatic N) is 3. The molecule has 0 spiro atoms. The van der Waals surface area contributed by atoms with Crippen LogP contribution in [0.2, 0.25) is 0 Å². The van der Waals surface area contributed by atoms with Crippen LogP contribution in [0.25, 0.3) is 0 Å². The summed E-state index contributed by atoms with van der Waals surface area (Å²) < 4.78 is 0. The predicted octanol–water partition coefficient (Wildman–Crippen LogP) is 1.80. The van der Waals surface area contributed by atoms with Gasteiger partial charge in [0.2, 0.25) is 0 Å². The van der Waals surface area contributed by atoms with Gasteiger partial charge < -0.3 is 10.0 Å². The fraction of sp³-hybridized carbons (Fsp3) is 0.250. The molecular formula is C12H13N3O2S. The van der Waals surface area contributed by atoms with Crippen LogP contribution in [0.15, 0.2) is 29.9 Å². The first-order valence-electron chi connectivity index (χ1n) is 5.41. The van der Waals surface area contributed by atoms with Crippen molar-refractivity contribution in [3.8, 4) is 0 Å². The molecule has 18 heavy (non-hydrogen) atoms. The van der Waals surface area contributed by atoms with Crippen LogP contribution in [0.1, 0.15) is 11.3 Å². The van der Waals surface area contributed by atoms with Crippen molar-refractivity contribution in [1.82, 2.24) is 9.97 Å². The van der Waals surface area contributed by atoms with E-state index >= 15 is 0 Å². The minimum absolute atomic E-state index is 0.0305. The Hall–Kier alpha value is -1.95. The highest BCUT2D eigenvalue weighted by Gasteiger charge is 2.09. The van der Waals surface area contributed by atoms with Gasteiger partial charge in [-0.05, 0) is 11.6 Å². The number of rotatable bonds is 5. The first-order valence-corrected chi connectivity index (χ1v) is 6.29. The first kappa shape index (κ1) is 12.5. The minimum Gasteiger partial charge on any atom is -0.481 e. The van der Waals surface area contributed by atoms with Gasteiger partial charge in [-0.2, -0.15) is 0 Å². The number of hydrogen-bond donors (Lipinski definition) is 1. The smallest absolute Gasteiger partial charge is 0.309 e. The summed E-state index contributed by atoms with van der Waals surface area (Å²) in [6.45, 7) is 0.702. The number of pyridine rings is 1. The molecule has 2 rings (SSSR count). The molecule has 2 aromatic heterocycles. The monoisotopic (exact) mass is 263 g/mol. The Morgan fingerprint density at radius 1 is 1.56 bits per heavy atom. The summed E-state index contributed by atoms with van der Waals surface area (Å²) >= 11 is 1.45. The van der Waals surface area contributed by atoms with E-state index in [1.54, 1.807) is 11.6 Å². The SMILES string of the molecule is CN(Cc1cccnc1)c1nc(CC(=O)O)cs1. The third-order valence-electron chi connectivity index (χ3n) is 2.34. The maximum atomic E-state index is 10.6. The van der Waals surface area contributed by atoms with Crippen LogP contribution in [-0.4, -0.2) is 28.1 Å². The van der Waals surface area contributed by atoms with Crippen molar-refractivity contribution in [2.75, 3.05) is 11.9 Å². The molecule has 0 bridgehead atoms. The zero-order chi connectivity index (χ0) is 13.0. The third-order valence-corrected chi connectivity index (χ3v) is 3.34. The van der Waals surface area contributed by atoms with Crippen LogP contribution in [0, 0.1) is 0 Å². The van der Waals surface area contributed by atoms with Crippen LogP contribution in [0.4, 0.5) is 5.13 Å². The van der Waals surface area contributed by atoms with Crippen molar-refractivity contribution < 1.29 is 9.90 Å². The molecule has 0 aliphatic rings. The quantitative estimate of drug-likeness (QED) is 0.891. The van der Waals surface area contributed by atoms with Gasteiger partial charge in [-0.25, -0.2) is 4.98 Å². The van der Waals surface area contributed by atoms with Crippen molar-refractivity contribution in [3.63, 3.8) is 0 Å². The number of carbonyl (C=O) groups is 1. The largest absolute Gasteiger partial charge is 0.481 e. The summed E-state index contributed by atoms with van der Waals surface area (Å²) in [6, 6.07) is 3.89. The van der Waals surface area contributed by atoms with Crippen molar-refractivity contribution in [1.29, 1.82) is 0 Å². The van der Waals surface area contributed by atoms with E-state index in [9.17, 15) is 4.79 Å². The van der Waals surface area contributed by atoms with Crippen molar-refractivity contribution in [2.45, 2.75) is 13.0 Å². The normalized spacial score (nSPS) is 10.3. The van der Waals surface area contributed by atoms with Gasteiger partial charge >= 0.3 is 5.97 Å². The summed E-state index contributed by atoms with van der Waals surface area (Å²) in [7, 11) is 1.93. The number of aliphatic carboxylic acids is 1. The molecule has 2 heterocycles. The van der Waals surface area contributed by atoms with Crippen LogP contribution < -0.4 is 4.90 Å². The second-order valence-electron chi connectivity index (χ2n) is 3.91. The molecule has 0 aliphatic carbocycles. The number of hydrogen-bond acceptors (Lipinski definition) is 5. The Bertz CT molecular complexity index is 527. The minimum atomic E-state index is -0.859. The summed E-state index contributed by atoms with van der Waals surface area (Å²) in [5, 5.41) is 11.3. The van der Waals surface area contributed by atoms with E-state index in [4.69, 9.17) is 5.11 Å². The molecule has 0 radical (unpaired) electrons. The summed E-state index contributed by atoms with van der Waals surface area (Å²) in [6.07, 6.45) is 3.51. The van der Waals surface area contributed by atoms with Crippen LogP contribution >= 0.6 is 11.3 Å². The van der Waals surface area contributed by atoms with Gasteiger partial charge in [-0.15, -0.1) is 11.3 Å². The molecule has 0 aliphatic heterocycles. The average Bonchev–Trinajstić information content (AvgIpc) is 2.78. The van der Waals surface area contributed by atoms with Crippen molar-refractivity contribution in [2.24, 2.45) is 0 Å². The van der Waals surface area contributed by atoms with Gasteiger partial charge in [0.15, 0.2) is 5.13 Å². The molecule has 0 unspecified atom stereocenters. The molecule has 94 valence electrons. The fourth-order valence-corrected chi connectivity index (χ4v) is 2.33. The van der Waals surface area contributed by atoms with Gasteiger partial charge in [0.05, 0.1) is 12.1 Å². The molecule has 5 nitrogen and oxygen atoms in total. The van der Waals surface area contributed by atoms with E-state index in [0.29, 0.717) is 12.2 Å². The maximum absolute atomic E-state index is 10.6. The Labute approximate surface area is 109 Å². The standard InChI is InChI=1S/C12H13N3O2S/c1-15(7-9-3-2-4-13-6-9)12-14-10(8-18-12)5-11(16)17/h2-4,6,8H,5,7H2,1H3,(H,16,17). The van der Waals surface area contributed by atoms with Crippen molar-refractivity contribution in [3.05, 3.63) is 41.2 Å². The number of carboxylic acids is 1. The van der Waals surface area contributed by atoms with E-state index in [-0.39, 0.29) is 6.42 Å². The van der Waals surface area contributed by atoms with E-state index in [1.165, 1.54) is 11.3 Å². The second-order valence-corrected chi connectivity index (χ2v) is 4.75. The van der Waals surface area contributed by atoms with Crippen molar-refractivity contribution >= 4 is 22.4 Å². The zero-order valence-electron chi connectivity index (χ0n) is 9.91. The molecule has 0 saturated carbocycles. The van der Waals surface area contributed by atoms with Gasteiger partial charge in [-0.3, -0.25) is 9.78 Å². The Balaban J connectivity index is 2.03. The molecule has 1 N–H and O–H groups in total. The number of aromatic nitrogens is 2. The lowest BCUT2D eigenvalue weighted by atomic mass is 10.3. The average molecular weight is 263 g/mol. The molecule has 0 saturated heterocycles. The first-order chi connectivity index (χ1) is 8.65. The molecular weight excluding hydrogens is 250 g/mol. The molecule has 0 amide bonds. The lowest BCUT2D eigenvalue weighted by Crippen LogP contribution is -2.16. The van der Waals surface area contributed by atoms with E-state index in [2.05, 4.69) is 9.97 Å². The zero-order valence-corrected chi connectivity index (χ0v) is 10.7. The lowest BCUT2D eigenvalue weighted by Gasteiger charge is -2.15. The maximum Gasteiger partial charge on any atom is 0.309 e. The summed E-state index contributed by atoms with van der Waals surface area (Å²) in [5.41, 5.74) is 1.69. The van der Waals surface area contributed by atoms with Crippen LogP contribution in [0.5, 0.6) is 0 Å². The highest BCUT2D eigenvalue weighted by Crippen LogP contribution is 2.21. The van der Waals surface area contributed by atoms with Gasteiger partial charge in [0.1, 0.15) is 0 Å². The molecule has 6 heteroatoms. The van der Waals surface area contributed by atoms with Gasteiger partial charge in [-0.1, -0.05) is 6.07 Å². The number of carboxylic acid groups (broad SMARTS) is 1. The molecule has 2 aromatic rings. The van der Waals surface area contributed by atoms with E-state index in [1.807, 2.05) is 30.3 Å². The Morgan fingerprint density at radius 3 is 3.06 bits per heavy atom. The van der Waals surface area contributed by atoms with Crippen LogP contribution in [-0.2, 0) is 17.8 Å². The highest BCUT2D eigenvalue weighted by atomic mass is 32.1. The summed E-state index contributed by atoms with van der Waals surface area (Å²) in [4.78, 5) is 20.9. The molecule has 0 atom stereocenters. The second kappa shape index (κ2) is 5.59. The van der Waals surface area contributed by atoms with Gasteiger partial charge in [0.25, 0.3) is 0 Å². The molecule has 0 aromatic carbocycles. The Kier molecular flexibility index (Phi) is 3.88. The fourth-order valence-electron chi connectivity index (χ4n) is 1.54. The van der Waals surface area contributed by atoms with Crippen LogP contribution in [0.3, 0.4) is 0 Å².